The van der Waals surface area contributed by atoms with Crippen molar-refractivity contribution < 1.29 is 28.7 Å². The second-order valence-electron chi connectivity index (χ2n) is 9.61. The van der Waals surface area contributed by atoms with Crippen LogP contribution in [0.15, 0.2) is 4.99 Å². The van der Waals surface area contributed by atoms with Gasteiger partial charge in [0.1, 0.15) is 23.4 Å². The summed E-state index contributed by atoms with van der Waals surface area (Å²) in [4.78, 5) is 72.6. The van der Waals surface area contributed by atoms with Crippen molar-refractivity contribution in [3.8, 4) is 0 Å². The molecule has 0 aliphatic carbocycles. The number of likely N-dealkylation sites (N-methyl/N-ethyl adjacent to an activating group) is 1. The third-order valence-electron chi connectivity index (χ3n) is 7.23. The SMILES string of the molecule is CC(=O)OC(C)C(NC(=O)CN1CCCC2(CCCN2C(=O)C2=NCCN(C)C2C)C1=O)C(N)=O. The van der Waals surface area contributed by atoms with E-state index in [4.69, 9.17) is 10.5 Å². The van der Waals surface area contributed by atoms with Crippen molar-refractivity contribution in [3.63, 3.8) is 0 Å². The summed E-state index contributed by atoms with van der Waals surface area (Å²) in [5, 5.41) is 2.48. The zero-order valence-electron chi connectivity index (χ0n) is 20.9. The Morgan fingerprint density at radius 2 is 1.86 bits per heavy atom. The Morgan fingerprint density at radius 1 is 1.20 bits per heavy atom. The lowest BCUT2D eigenvalue weighted by atomic mass is 9.85. The average Bonchev–Trinajstić information content (AvgIpc) is 3.20. The van der Waals surface area contributed by atoms with E-state index in [0.717, 1.165) is 6.54 Å². The standard InChI is InChI=1S/C23H36N6O6/c1-14-18(25-9-12-27(14)4)21(33)29-11-6-8-23(29)7-5-10-28(22(23)34)13-17(31)26-19(20(24)32)15(2)35-16(3)30/h14-15,19H,5-13H2,1-4H3,(H2,24,32)(H,26,31). The number of nitrogens with zero attached hydrogens (tertiary/aromatic N) is 4. The highest BCUT2D eigenvalue weighted by molar-refractivity contribution is 6.41. The number of likely N-dealkylation sites (tertiary alicyclic amines) is 2. The molecule has 3 aliphatic rings. The second-order valence-corrected chi connectivity index (χ2v) is 9.61. The summed E-state index contributed by atoms with van der Waals surface area (Å²) in [5.41, 5.74) is 4.84. The van der Waals surface area contributed by atoms with Crippen molar-refractivity contribution in [2.24, 2.45) is 10.7 Å². The highest BCUT2D eigenvalue weighted by atomic mass is 16.5. The van der Waals surface area contributed by atoms with Gasteiger partial charge in [-0.2, -0.15) is 0 Å². The molecule has 0 aromatic carbocycles. The lowest BCUT2D eigenvalue weighted by Gasteiger charge is -2.45. The van der Waals surface area contributed by atoms with Gasteiger partial charge in [0.05, 0.1) is 19.1 Å². The average molecular weight is 493 g/mol. The molecule has 0 aromatic rings. The molecule has 0 radical (unpaired) electrons. The van der Waals surface area contributed by atoms with Crippen LogP contribution < -0.4 is 11.1 Å². The number of piperidine rings is 1. The van der Waals surface area contributed by atoms with Gasteiger partial charge in [0.25, 0.3) is 5.91 Å². The fourth-order valence-electron chi connectivity index (χ4n) is 5.26. The first kappa shape index (κ1) is 26.6. The Morgan fingerprint density at radius 3 is 2.49 bits per heavy atom. The molecule has 35 heavy (non-hydrogen) atoms. The number of carbonyl (C=O) groups is 5. The Bertz CT molecular complexity index is 922. The van der Waals surface area contributed by atoms with E-state index in [0.29, 0.717) is 51.0 Å². The van der Waals surface area contributed by atoms with Crippen LogP contribution >= 0.6 is 0 Å². The topological polar surface area (TPSA) is 155 Å². The maximum atomic E-state index is 13.7. The van der Waals surface area contributed by atoms with E-state index >= 15 is 0 Å². The van der Waals surface area contributed by atoms with Crippen molar-refractivity contribution in [2.45, 2.75) is 70.2 Å². The number of rotatable bonds is 7. The van der Waals surface area contributed by atoms with Gasteiger partial charge in [-0.1, -0.05) is 0 Å². The predicted octanol–water partition coefficient (Wildman–Crippen LogP) is -1.33. The molecular formula is C23H36N6O6. The van der Waals surface area contributed by atoms with Crippen LogP contribution in [0.2, 0.25) is 0 Å². The number of ether oxygens (including phenoxy) is 1. The van der Waals surface area contributed by atoms with Crippen LogP contribution in [-0.4, -0.2) is 114 Å². The maximum Gasteiger partial charge on any atom is 0.302 e. The predicted molar refractivity (Wildman–Crippen MR) is 126 cm³/mol. The zero-order chi connectivity index (χ0) is 25.9. The minimum Gasteiger partial charge on any atom is -0.460 e. The first-order chi connectivity index (χ1) is 16.5. The number of aliphatic imine (C=N–C) groups is 1. The van der Waals surface area contributed by atoms with E-state index in [9.17, 15) is 24.0 Å². The number of hydrogen-bond donors (Lipinski definition) is 2. The number of amides is 4. The van der Waals surface area contributed by atoms with E-state index in [-0.39, 0.29) is 24.4 Å². The normalized spacial score (nSPS) is 26.8. The van der Waals surface area contributed by atoms with Crippen LogP contribution in [0.5, 0.6) is 0 Å². The Kier molecular flexibility index (Phi) is 8.14. The molecule has 194 valence electrons. The minimum atomic E-state index is -1.23. The van der Waals surface area contributed by atoms with Gasteiger partial charge in [0.15, 0.2) is 0 Å². The number of carbonyl (C=O) groups excluding carboxylic acids is 5. The fourth-order valence-corrected chi connectivity index (χ4v) is 5.26. The Hall–Kier alpha value is -3.02. The van der Waals surface area contributed by atoms with Gasteiger partial charge in [-0.05, 0) is 46.6 Å². The number of hydrogen-bond acceptors (Lipinski definition) is 8. The van der Waals surface area contributed by atoms with Crippen LogP contribution in [0.1, 0.15) is 46.5 Å². The van der Waals surface area contributed by atoms with Crippen molar-refractivity contribution in [3.05, 3.63) is 0 Å². The van der Waals surface area contributed by atoms with Gasteiger partial charge in [-0.15, -0.1) is 0 Å². The highest BCUT2D eigenvalue weighted by Gasteiger charge is 2.54. The molecule has 3 N–H and O–H groups in total. The number of primary amides is 1. The van der Waals surface area contributed by atoms with Gasteiger partial charge in [0, 0.05) is 26.6 Å². The summed E-state index contributed by atoms with van der Waals surface area (Å²) < 4.78 is 4.98. The van der Waals surface area contributed by atoms with Gasteiger partial charge in [-0.25, -0.2) is 0 Å². The minimum absolute atomic E-state index is 0.139. The molecule has 12 nitrogen and oxygen atoms in total. The van der Waals surface area contributed by atoms with E-state index < -0.39 is 35.5 Å². The van der Waals surface area contributed by atoms with E-state index in [2.05, 4.69) is 15.2 Å². The van der Waals surface area contributed by atoms with Crippen molar-refractivity contribution in [1.29, 1.82) is 0 Å². The highest BCUT2D eigenvalue weighted by Crippen LogP contribution is 2.38. The molecule has 3 aliphatic heterocycles. The molecule has 0 bridgehead atoms. The van der Waals surface area contributed by atoms with Crippen LogP contribution in [-0.2, 0) is 28.7 Å². The van der Waals surface area contributed by atoms with Crippen LogP contribution in [0, 0.1) is 0 Å². The molecule has 3 rings (SSSR count). The quantitative estimate of drug-likeness (QED) is 0.417. The lowest BCUT2D eigenvalue weighted by molar-refractivity contribution is -0.155. The molecule has 4 atom stereocenters. The molecule has 3 heterocycles. The Labute approximate surface area is 205 Å². The number of nitrogens with two attached hydrogens (primary N) is 1. The molecule has 12 heteroatoms. The summed E-state index contributed by atoms with van der Waals surface area (Å²) in [6.45, 7) is 6.41. The maximum absolute atomic E-state index is 13.7. The summed E-state index contributed by atoms with van der Waals surface area (Å²) in [6, 6.07) is -1.37. The van der Waals surface area contributed by atoms with Crippen LogP contribution in [0.25, 0.3) is 0 Å². The summed E-state index contributed by atoms with van der Waals surface area (Å²) in [5.74, 6) is -2.55. The van der Waals surface area contributed by atoms with Crippen molar-refractivity contribution >= 4 is 35.3 Å². The van der Waals surface area contributed by atoms with Gasteiger partial charge < -0.3 is 25.6 Å². The number of esters is 1. The molecule has 1 spiro atoms. The molecule has 4 amide bonds. The first-order valence-corrected chi connectivity index (χ1v) is 12.1. The van der Waals surface area contributed by atoms with Crippen molar-refractivity contribution in [2.75, 3.05) is 39.8 Å². The molecule has 2 fully saturated rings. The largest absolute Gasteiger partial charge is 0.460 e. The number of nitrogens with one attached hydrogen (secondary N) is 1. The van der Waals surface area contributed by atoms with Crippen molar-refractivity contribution in [1.82, 2.24) is 20.0 Å². The third-order valence-corrected chi connectivity index (χ3v) is 7.23. The first-order valence-electron chi connectivity index (χ1n) is 12.1. The van der Waals surface area contributed by atoms with Crippen LogP contribution in [0.4, 0.5) is 0 Å². The van der Waals surface area contributed by atoms with Gasteiger partial charge >= 0.3 is 5.97 Å². The van der Waals surface area contributed by atoms with E-state index in [1.54, 1.807) is 4.90 Å². The molecule has 4 unspecified atom stereocenters. The third kappa shape index (κ3) is 5.47. The monoisotopic (exact) mass is 492 g/mol. The van der Waals surface area contributed by atoms with Crippen LogP contribution in [0.3, 0.4) is 0 Å². The molecule has 0 aromatic heterocycles. The lowest BCUT2D eigenvalue weighted by Crippen LogP contribution is -2.64. The summed E-state index contributed by atoms with van der Waals surface area (Å²) in [7, 11) is 1.94. The summed E-state index contributed by atoms with van der Waals surface area (Å²) >= 11 is 0. The molecule has 0 saturated carbocycles. The molecule has 2 saturated heterocycles. The second kappa shape index (κ2) is 10.7. The summed E-state index contributed by atoms with van der Waals surface area (Å²) in [6.07, 6.45) is 1.42. The van der Waals surface area contributed by atoms with Gasteiger partial charge in [0.2, 0.25) is 17.7 Å². The van der Waals surface area contributed by atoms with E-state index in [1.165, 1.54) is 18.7 Å². The Balaban J connectivity index is 1.73. The molecular weight excluding hydrogens is 456 g/mol. The zero-order valence-corrected chi connectivity index (χ0v) is 20.9. The van der Waals surface area contributed by atoms with E-state index in [1.807, 2.05) is 14.0 Å². The fraction of sp³-hybridized carbons (Fsp3) is 0.739. The smallest absolute Gasteiger partial charge is 0.302 e. The van der Waals surface area contributed by atoms with Gasteiger partial charge in [-0.3, -0.25) is 33.9 Å².